The molecule has 2 aromatic carbocycles. The van der Waals surface area contributed by atoms with Crippen molar-refractivity contribution in [3.05, 3.63) is 58.1 Å². The van der Waals surface area contributed by atoms with Crippen LogP contribution in [0, 0.1) is 6.92 Å². The Morgan fingerprint density at radius 3 is 2.22 bits per heavy atom. The minimum atomic E-state index is -3.76. The lowest BCUT2D eigenvalue weighted by Crippen LogP contribution is -2.24. The average molecular weight is 419 g/mol. The molecular formula is C14H15BrN2O4S2. The van der Waals surface area contributed by atoms with Crippen molar-refractivity contribution >= 4 is 36.0 Å². The fraction of sp³-hybridized carbons (Fsp3) is 0.143. The third-order valence-corrected chi connectivity index (χ3v) is 6.12. The minimum absolute atomic E-state index is 0.0214. The highest BCUT2D eigenvalue weighted by Gasteiger charge is 2.17. The molecule has 0 saturated heterocycles. The van der Waals surface area contributed by atoms with Gasteiger partial charge in [0.05, 0.1) is 9.79 Å². The Balaban J connectivity index is 2.18. The first-order chi connectivity index (χ1) is 10.6. The van der Waals surface area contributed by atoms with E-state index in [1.165, 1.54) is 30.3 Å². The van der Waals surface area contributed by atoms with Crippen LogP contribution in [0.2, 0.25) is 0 Å². The lowest BCUT2D eigenvalue weighted by atomic mass is 10.2. The molecule has 23 heavy (non-hydrogen) atoms. The summed E-state index contributed by atoms with van der Waals surface area (Å²) in [6.45, 7) is 1.75. The third-order valence-electron chi connectivity index (χ3n) is 3.16. The van der Waals surface area contributed by atoms with Gasteiger partial charge in [-0.05, 0) is 42.3 Å². The van der Waals surface area contributed by atoms with Crippen molar-refractivity contribution in [2.24, 2.45) is 5.14 Å². The molecule has 0 saturated carbocycles. The first-order valence-electron chi connectivity index (χ1n) is 6.47. The van der Waals surface area contributed by atoms with Crippen molar-refractivity contribution in [1.82, 2.24) is 4.72 Å². The van der Waals surface area contributed by atoms with Gasteiger partial charge in [0.15, 0.2) is 0 Å². The number of nitrogens with one attached hydrogen (secondary N) is 1. The van der Waals surface area contributed by atoms with E-state index in [1.54, 1.807) is 19.1 Å². The summed E-state index contributed by atoms with van der Waals surface area (Å²) in [5.41, 5.74) is 1.25. The van der Waals surface area contributed by atoms with Gasteiger partial charge in [0.25, 0.3) is 0 Å². The van der Waals surface area contributed by atoms with Crippen LogP contribution in [0.1, 0.15) is 11.1 Å². The van der Waals surface area contributed by atoms with E-state index in [2.05, 4.69) is 20.7 Å². The van der Waals surface area contributed by atoms with Gasteiger partial charge < -0.3 is 0 Å². The van der Waals surface area contributed by atoms with E-state index in [0.717, 1.165) is 0 Å². The Hall–Kier alpha value is -1.26. The molecule has 9 heteroatoms. The quantitative estimate of drug-likeness (QED) is 0.772. The van der Waals surface area contributed by atoms with E-state index in [-0.39, 0.29) is 16.3 Å². The molecule has 0 bridgehead atoms. The molecule has 0 aliphatic heterocycles. The van der Waals surface area contributed by atoms with Crippen LogP contribution in [0.5, 0.6) is 0 Å². The summed E-state index contributed by atoms with van der Waals surface area (Å²) in [7, 11) is -7.43. The second-order valence-electron chi connectivity index (χ2n) is 4.92. The molecule has 0 fully saturated rings. The standard InChI is InChI=1S/C14H15BrN2O4S2/c1-10-2-5-12(15)8-14(10)23(20,21)17-9-11-3-6-13(7-4-11)22(16,18)19/h2-8,17H,9H2,1H3,(H2,16,18,19). The third kappa shape index (κ3) is 4.61. The zero-order valence-electron chi connectivity index (χ0n) is 12.2. The van der Waals surface area contributed by atoms with E-state index < -0.39 is 20.0 Å². The van der Waals surface area contributed by atoms with Crippen LogP contribution in [-0.2, 0) is 26.6 Å². The number of hydrogen-bond donors (Lipinski definition) is 2. The zero-order chi connectivity index (χ0) is 17.3. The molecule has 0 atom stereocenters. The Morgan fingerprint density at radius 2 is 1.65 bits per heavy atom. The van der Waals surface area contributed by atoms with E-state index in [9.17, 15) is 16.8 Å². The lowest BCUT2D eigenvalue weighted by molar-refractivity contribution is 0.580. The monoisotopic (exact) mass is 418 g/mol. The number of sulfonamides is 2. The molecule has 3 N–H and O–H groups in total. The van der Waals surface area contributed by atoms with Gasteiger partial charge in [0.2, 0.25) is 20.0 Å². The maximum Gasteiger partial charge on any atom is 0.241 e. The highest BCUT2D eigenvalue weighted by atomic mass is 79.9. The van der Waals surface area contributed by atoms with Gasteiger partial charge in [-0.3, -0.25) is 0 Å². The molecule has 6 nitrogen and oxygen atoms in total. The van der Waals surface area contributed by atoms with Crippen molar-refractivity contribution in [3.8, 4) is 0 Å². The fourth-order valence-electron chi connectivity index (χ4n) is 1.92. The minimum Gasteiger partial charge on any atom is -0.225 e. The number of rotatable bonds is 5. The first kappa shape index (κ1) is 18.1. The maximum atomic E-state index is 12.4. The average Bonchev–Trinajstić information content (AvgIpc) is 2.47. The van der Waals surface area contributed by atoms with Gasteiger partial charge in [-0.1, -0.05) is 34.1 Å². The highest BCUT2D eigenvalue weighted by Crippen LogP contribution is 2.20. The summed E-state index contributed by atoms with van der Waals surface area (Å²) in [5.74, 6) is 0. The molecule has 124 valence electrons. The van der Waals surface area contributed by atoms with Crippen LogP contribution in [-0.4, -0.2) is 16.8 Å². The molecule has 0 radical (unpaired) electrons. The van der Waals surface area contributed by atoms with Gasteiger partial charge in [-0.15, -0.1) is 0 Å². The summed E-state index contributed by atoms with van der Waals surface area (Å²) in [4.78, 5) is 0.167. The van der Waals surface area contributed by atoms with Crippen molar-refractivity contribution in [1.29, 1.82) is 0 Å². The molecule has 0 aliphatic rings. The Morgan fingerprint density at radius 1 is 1.04 bits per heavy atom. The molecule has 2 rings (SSSR count). The van der Waals surface area contributed by atoms with E-state index in [4.69, 9.17) is 5.14 Å². The number of aryl methyl sites for hydroxylation is 1. The second-order valence-corrected chi connectivity index (χ2v) is 9.14. The highest BCUT2D eigenvalue weighted by molar-refractivity contribution is 9.10. The number of hydrogen-bond acceptors (Lipinski definition) is 4. The van der Waals surface area contributed by atoms with E-state index >= 15 is 0 Å². The zero-order valence-corrected chi connectivity index (χ0v) is 15.4. The van der Waals surface area contributed by atoms with Crippen LogP contribution < -0.4 is 9.86 Å². The van der Waals surface area contributed by atoms with Gasteiger partial charge in [0.1, 0.15) is 0 Å². The number of primary sulfonamides is 1. The molecule has 2 aromatic rings. The largest absolute Gasteiger partial charge is 0.241 e. The van der Waals surface area contributed by atoms with Crippen LogP contribution in [0.15, 0.2) is 56.7 Å². The SMILES string of the molecule is Cc1ccc(Br)cc1S(=O)(=O)NCc1ccc(S(N)(=O)=O)cc1. The second kappa shape index (κ2) is 6.70. The van der Waals surface area contributed by atoms with Crippen molar-refractivity contribution in [2.75, 3.05) is 0 Å². The topological polar surface area (TPSA) is 106 Å². The van der Waals surface area contributed by atoms with Crippen molar-refractivity contribution in [2.45, 2.75) is 23.3 Å². The van der Waals surface area contributed by atoms with Crippen LogP contribution >= 0.6 is 15.9 Å². The molecule has 0 unspecified atom stereocenters. The Kier molecular flexibility index (Phi) is 5.27. The van der Waals surface area contributed by atoms with E-state index in [0.29, 0.717) is 15.6 Å². The predicted octanol–water partition coefficient (Wildman–Crippen LogP) is 1.88. The van der Waals surface area contributed by atoms with Gasteiger partial charge in [-0.2, -0.15) is 0 Å². The van der Waals surface area contributed by atoms with Crippen molar-refractivity contribution < 1.29 is 16.8 Å². The van der Waals surface area contributed by atoms with Gasteiger partial charge in [-0.25, -0.2) is 26.7 Å². The smallest absolute Gasteiger partial charge is 0.225 e. The molecular weight excluding hydrogens is 404 g/mol. The Labute approximate surface area is 143 Å². The number of halogens is 1. The molecule has 0 aliphatic carbocycles. The van der Waals surface area contributed by atoms with E-state index in [1.807, 2.05) is 0 Å². The summed E-state index contributed by atoms with van der Waals surface area (Å²) in [6, 6.07) is 10.7. The summed E-state index contributed by atoms with van der Waals surface area (Å²) in [5, 5.41) is 5.01. The summed E-state index contributed by atoms with van der Waals surface area (Å²) >= 11 is 3.25. The van der Waals surface area contributed by atoms with Crippen LogP contribution in [0.25, 0.3) is 0 Å². The fourth-order valence-corrected chi connectivity index (χ4v) is 4.23. The molecule has 0 spiro atoms. The normalized spacial score (nSPS) is 12.3. The first-order valence-corrected chi connectivity index (χ1v) is 10.3. The Bertz CT molecular complexity index is 924. The maximum absolute atomic E-state index is 12.4. The van der Waals surface area contributed by atoms with Gasteiger partial charge in [0, 0.05) is 11.0 Å². The summed E-state index contributed by atoms with van der Waals surface area (Å²) in [6.07, 6.45) is 0. The number of benzene rings is 2. The predicted molar refractivity (Wildman–Crippen MR) is 90.7 cm³/mol. The molecule has 0 amide bonds. The summed E-state index contributed by atoms with van der Waals surface area (Å²) < 4.78 is 50.2. The van der Waals surface area contributed by atoms with Crippen LogP contribution in [0.3, 0.4) is 0 Å². The van der Waals surface area contributed by atoms with Crippen molar-refractivity contribution in [3.63, 3.8) is 0 Å². The lowest BCUT2D eigenvalue weighted by Gasteiger charge is -2.10. The number of nitrogens with two attached hydrogens (primary N) is 1. The molecule has 0 aromatic heterocycles. The molecule has 0 heterocycles. The van der Waals surface area contributed by atoms with Gasteiger partial charge >= 0.3 is 0 Å². The van der Waals surface area contributed by atoms with Crippen LogP contribution in [0.4, 0.5) is 0 Å².